The molecule has 0 saturated carbocycles. The smallest absolute Gasteiger partial charge is 0.346 e. The van der Waals surface area contributed by atoms with Gasteiger partial charge in [0.2, 0.25) is 0 Å². The molecular formula is C18H25NO7. The van der Waals surface area contributed by atoms with Crippen molar-refractivity contribution in [3.05, 3.63) is 23.8 Å². The van der Waals surface area contributed by atoms with Gasteiger partial charge in [-0.3, -0.25) is 4.79 Å². The van der Waals surface area contributed by atoms with E-state index in [0.29, 0.717) is 6.42 Å². The molecule has 8 heteroatoms. The summed E-state index contributed by atoms with van der Waals surface area (Å²) in [5.41, 5.74) is 0.0806. The zero-order valence-electron chi connectivity index (χ0n) is 15.7. The summed E-state index contributed by atoms with van der Waals surface area (Å²) in [6, 6.07) is 4.02. The summed E-state index contributed by atoms with van der Waals surface area (Å²) in [5.74, 6) is -1.23. The first-order valence-corrected chi connectivity index (χ1v) is 8.09. The molecule has 1 atom stereocenters. The number of rotatable bonds is 9. The van der Waals surface area contributed by atoms with Gasteiger partial charge in [-0.25, -0.2) is 9.59 Å². The zero-order chi connectivity index (χ0) is 19.7. The Morgan fingerprint density at radius 3 is 2.08 bits per heavy atom. The minimum absolute atomic E-state index is 0.0806. The Kier molecular flexibility index (Phi) is 8.41. The third kappa shape index (κ3) is 5.94. The van der Waals surface area contributed by atoms with Crippen LogP contribution < -0.4 is 14.8 Å². The van der Waals surface area contributed by atoms with Gasteiger partial charge in [0.25, 0.3) is 5.91 Å². The SMILES string of the molecule is COC(=O)[C@@H](CC(C)C)NC(=O)COC(=O)c1c(OC)cccc1OC. The number of nitrogens with one attached hydrogen (secondary N) is 1. The highest BCUT2D eigenvalue weighted by Gasteiger charge is 2.24. The predicted octanol–water partition coefficient (Wildman–Crippen LogP) is 1.56. The van der Waals surface area contributed by atoms with Crippen molar-refractivity contribution in [3.8, 4) is 11.5 Å². The summed E-state index contributed by atoms with van der Waals surface area (Å²) < 4.78 is 20.0. The van der Waals surface area contributed by atoms with E-state index in [-0.39, 0.29) is 23.0 Å². The van der Waals surface area contributed by atoms with Crippen LogP contribution in [0.25, 0.3) is 0 Å². The molecule has 0 aliphatic carbocycles. The van der Waals surface area contributed by atoms with Crippen LogP contribution in [0.4, 0.5) is 0 Å². The van der Waals surface area contributed by atoms with Crippen molar-refractivity contribution in [1.82, 2.24) is 5.32 Å². The summed E-state index contributed by atoms with van der Waals surface area (Å²) in [7, 11) is 4.06. The van der Waals surface area contributed by atoms with E-state index in [4.69, 9.17) is 14.2 Å². The number of benzene rings is 1. The van der Waals surface area contributed by atoms with E-state index in [1.54, 1.807) is 18.2 Å². The van der Waals surface area contributed by atoms with Crippen LogP contribution >= 0.6 is 0 Å². The fraction of sp³-hybridized carbons (Fsp3) is 0.500. The maximum atomic E-state index is 12.3. The molecule has 0 aromatic heterocycles. The average molecular weight is 367 g/mol. The predicted molar refractivity (Wildman–Crippen MR) is 93.2 cm³/mol. The molecule has 1 amide bonds. The lowest BCUT2D eigenvalue weighted by Crippen LogP contribution is -2.44. The monoisotopic (exact) mass is 367 g/mol. The minimum Gasteiger partial charge on any atom is -0.496 e. The standard InChI is InChI=1S/C18H25NO7/c1-11(2)9-12(17(21)25-5)19-15(20)10-26-18(22)16-13(23-3)7-6-8-14(16)24-4/h6-8,11-12H,9-10H2,1-5H3,(H,19,20)/t12-/m1/s1. The number of hydrogen-bond donors (Lipinski definition) is 1. The first-order valence-electron chi connectivity index (χ1n) is 8.09. The van der Waals surface area contributed by atoms with Crippen molar-refractivity contribution < 1.29 is 33.3 Å². The fourth-order valence-corrected chi connectivity index (χ4v) is 2.32. The van der Waals surface area contributed by atoms with Crippen molar-refractivity contribution in [1.29, 1.82) is 0 Å². The second kappa shape index (κ2) is 10.3. The van der Waals surface area contributed by atoms with Gasteiger partial charge in [0.15, 0.2) is 6.61 Å². The van der Waals surface area contributed by atoms with E-state index in [2.05, 4.69) is 10.1 Å². The van der Waals surface area contributed by atoms with Gasteiger partial charge in [-0.2, -0.15) is 0 Å². The van der Waals surface area contributed by atoms with Crippen LogP contribution in [0.1, 0.15) is 30.6 Å². The molecule has 0 spiro atoms. The largest absolute Gasteiger partial charge is 0.496 e. The Balaban J connectivity index is 2.75. The molecule has 0 unspecified atom stereocenters. The molecule has 1 aromatic rings. The van der Waals surface area contributed by atoms with E-state index in [0.717, 1.165) is 0 Å². The molecule has 0 fully saturated rings. The Bertz CT molecular complexity index is 620. The van der Waals surface area contributed by atoms with Crippen molar-refractivity contribution in [2.45, 2.75) is 26.3 Å². The molecule has 8 nitrogen and oxygen atoms in total. The molecule has 0 aliphatic rings. The maximum Gasteiger partial charge on any atom is 0.346 e. The van der Waals surface area contributed by atoms with Gasteiger partial charge in [-0.1, -0.05) is 19.9 Å². The molecule has 0 saturated heterocycles. The first-order chi connectivity index (χ1) is 12.3. The minimum atomic E-state index is -0.799. The lowest BCUT2D eigenvalue weighted by molar-refractivity contribution is -0.145. The summed E-state index contributed by atoms with van der Waals surface area (Å²) in [4.78, 5) is 36.1. The lowest BCUT2D eigenvalue weighted by atomic mass is 10.0. The molecule has 0 aliphatic heterocycles. The number of methoxy groups -OCH3 is 3. The maximum absolute atomic E-state index is 12.3. The Labute approximate surface area is 152 Å². The van der Waals surface area contributed by atoms with Crippen molar-refractivity contribution >= 4 is 17.8 Å². The highest BCUT2D eigenvalue weighted by atomic mass is 16.5. The van der Waals surface area contributed by atoms with E-state index in [9.17, 15) is 14.4 Å². The quantitative estimate of drug-likeness (QED) is 0.661. The zero-order valence-corrected chi connectivity index (χ0v) is 15.7. The number of carbonyl (C=O) groups excluding carboxylic acids is 3. The molecule has 26 heavy (non-hydrogen) atoms. The summed E-state index contributed by atoms with van der Waals surface area (Å²) in [5, 5.41) is 2.51. The van der Waals surface area contributed by atoms with Crippen molar-refractivity contribution in [2.75, 3.05) is 27.9 Å². The molecule has 1 aromatic carbocycles. The second-order valence-corrected chi connectivity index (χ2v) is 5.89. The average Bonchev–Trinajstić information content (AvgIpc) is 2.63. The van der Waals surface area contributed by atoms with Gasteiger partial charge in [0.05, 0.1) is 21.3 Å². The molecule has 1 rings (SSSR count). The van der Waals surface area contributed by atoms with Crippen LogP contribution in [0.5, 0.6) is 11.5 Å². The van der Waals surface area contributed by atoms with Crippen LogP contribution in [0.15, 0.2) is 18.2 Å². The van der Waals surface area contributed by atoms with E-state index in [1.165, 1.54) is 21.3 Å². The highest BCUT2D eigenvalue weighted by Crippen LogP contribution is 2.28. The fourth-order valence-electron chi connectivity index (χ4n) is 2.32. The number of carbonyl (C=O) groups is 3. The van der Waals surface area contributed by atoms with Gasteiger partial charge in [0.1, 0.15) is 23.1 Å². The van der Waals surface area contributed by atoms with Gasteiger partial charge < -0.3 is 24.3 Å². The number of hydrogen-bond acceptors (Lipinski definition) is 7. The van der Waals surface area contributed by atoms with Gasteiger partial charge >= 0.3 is 11.9 Å². The number of ether oxygens (including phenoxy) is 4. The first kappa shape index (κ1) is 21.3. The molecular weight excluding hydrogens is 342 g/mol. The van der Waals surface area contributed by atoms with Gasteiger partial charge in [-0.05, 0) is 24.5 Å². The van der Waals surface area contributed by atoms with Crippen LogP contribution in [0.3, 0.4) is 0 Å². The highest BCUT2D eigenvalue weighted by molar-refractivity contribution is 5.97. The molecule has 0 radical (unpaired) electrons. The normalized spacial score (nSPS) is 11.5. The number of esters is 2. The summed E-state index contributed by atoms with van der Waals surface area (Å²) >= 11 is 0. The number of amides is 1. The Morgan fingerprint density at radius 2 is 1.62 bits per heavy atom. The second-order valence-electron chi connectivity index (χ2n) is 5.89. The van der Waals surface area contributed by atoms with Crippen LogP contribution in [-0.2, 0) is 19.1 Å². The third-order valence-corrected chi connectivity index (χ3v) is 3.49. The van der Waals surface area contributed by atoms with Gasteiger partial charge in [-0.15, -0.1) is 0 Å². The molecule has 144 valence electrons. The summed E-state index contributed by atoms with van der Waals surface area (Å²) in [6.45, 7) is 3.28. The van der Waals surface area contributed by atoms with E-state index in [1.807, 2.05) is 13.8 Å². The Hall–Kier alpha value is -2.77. The molecule has 1 N–H and O–H groups in total. The van der Waals surface area contributed by atoms with E-state index < -0.39 is 30.5 Å². The lowest BCUT2D eigenvalue weighted by Gasteiger charge is -2.18. The topological polar surface area (TPSA) is 100 Å². The van der Waals surface area contributed by atoms with Crippen LogP contribution in [-0.4, -0.2) is 51.8 Å². The van der Waals surface area contributed by atoms with Crippen molar-refractivity contribution in [3.63, 3.8) is 0 Å². The molecule has 0 bridgehead atoms. The van der Waals surface area contributed by atoms with Crippen molar-refractivity contribution in [2.24, 2.45) is 5.92 Å². The van der Waals surface area contributed by atoms with Crippen LogP contribution in [0, 0.1) is 5.92 Å². The summed E-state index contributed by atoms with van der Waals surface area (Å²) in [6.07, 6.45) is 0.409. The third-order valence-electron chi connectivity index (χ3n) is 3.49. The molecule has 0 heterocycles. The van der Waals surface area contributed by atoms with Gasteiger partial charge in [0, 0.05) is 0 Å². The van der Waals surface area contributed by atoms with Crippen LogP contribution in [0.2, 0.25) is 0 Å². The Morgan fingerprint density at radius 1 is 1.04 bits per heavy atom. The van der Waals surface area contributed by atoms with E-state index >= 15 is 0 Å².